The van der Waals surface area contributed by atoms with E-state index in [1.54, 1.807) is 6.08 Å². The van der Waals surface area contributed by atoms with E-state index in [1.165, 1.54) is 5.56 Å². The SMILES string of the molecule is CCCCCc1ccc(C2=Cc3cc(F)c(-c4cc(F)c(OC(F)(F)F)c(F)c4)c(F)c3CC2)cc1. The second kappa shape index (κ2) is 10.4. The number of aryl methyl sites for hydroxylation is 1. The van der Waals surface area contributed by atoms with Crippen molar-refractivity contribution in [1.82, 2.24) is 0 Å². The number of hydrogen-bond donors (Lipinski definition) is 0. The summed E-state index contributed by atoms with van der Waals surface area (Å²) >= 11 is 0. The highest BCUT2D eigenvalue weighted by molar-refractivity contribution is 5.85. The number of hydrogen-bond acceptors (Lipinski definition) is 1. The maximum atomic E-state index is 15.3. The maximum absolute atomic E-state index is 15.3. The molecule has 190 valence electrons. The fraction of sp³-hybridized carbons (Fsp3) is 0.286. The van der Waals surface area contributed by atoms with Crippen LogP contribution in [0.15, 0.2) is 42.5 Å². The zero-order valence-corrected chi connectivity index (χ0v) is 19.4. The summed E-state index contributed by atoms with van der Waals surface area (Å²) in [6, 6.07) is 9.96. The Morgan fingerprint density at radius 1 is 0.806 bits per heavy atom. The second-order valence-electron chi connectivity index (χ2n) is 8.76. The first-order valence-corrected chi connectivity index (χ1v) is 11.6. The molecule has 0 unspecified atom stereocenters. The molecule has 0 fully saturated rings. The van der Waals surface area contributed by atoms with E-state index in [1.807, 2.05) is 24.3 Å². The normalized spacial score (nSPS) is 13.4. The van der Waals surface area contributed by atoms with Crippen LogP contribution in [0.25, 0.3) is 22.8 Å². The second-order valence-corrected chi connectivity index (χ2v) is 8.76. The number of unbranched alkanes of at least 4 members (excludes halogenated alkanes) is 2. The highest BCUT2D eigenvalue weighted by Gasteiger charge is 2.34. The van der Waals surface area contributed by atoms with E-state index in [2.05, 4.69) is 11.7 Å². The Hall–Kier alpha value is -3.29. The quantitative estimate of drug-likeness (QED) is 0.229. The molecule has 3 aromatic carbocycles. The first-order valence-electron chi connectivity index (χ1n) is 11.6. The van der Waals surface area contributed by atoms with E-state index in [-0.39, 0.29) is 12.0 Å². The fourth-order valence-electron chi connectivity index (χ4n) is 4.46. The standard InChI is InChI=1S/C28H23F7O/c1-2-3-4-5-16-6-8-17(9-7-16)18-10-11-21-19(12-18)13-22(29)25(26(21)32)20-14-23(30)27(24(31)15-20)36-28(33,34)35/h6-9,12-15H,2-5,10-11H2,1H3. The average molecular weight is 508 g/mol. The molecule has 0 bridgehead atoms. The van der Waals surface area contributed by atoms with Crippen LogP contribution in [0, 0.1) is 23.3 Å². The topological polar surface area (TPSA) is 9.23 Å². The fourth-order valence-corrected chi connectivity index (χ4v) is 4.46. The minimum Gasteiger partial charge on any atom is -0.399 e. The van der Waals surface area contributed by atoms with E-state index in [9.17, 15) is 26.3 Å². The number of alkyl halides is 3. The van der Waals surface area contributed by atoms with Gasteiger partial charge in [-0.2, -0.15) is 0 Å². The summed E-state index contributed by atoms with van der Waals surface area (Å²) in [7, 11) is 0. The van der Waals surface area contributed by atoms with Crippen LogP contribution in [0.2, 0.25) is 0 Å². The van der Waals surface area contributed by atoms with Gasteiger partial charge in [0.05, 0.1) is 5.56 Å². The maximum Gasteiger partial charge on any atom is 0.573 e. The molecule has 0 saturated carbocycles. The minimum absolute atomic E-state index is 0.169. The molecule has 0 aliphatic heterocycles. The van der Waals surface area contributed by atoms with E-state index >= 15 is 4.39 Å². The van der Waals surface area contributed by atoms with Crippen molar-refractivity contribution < 1.29 is 35.5 Å². The molecule has 0 radical (unpaired) electrons. The van der Waals surface area contributed by atoms with Crippen LogP contribution in [0.1, 0.15) is 54.9 Å². The molecule has 0 atom stereocenters. The molecule has 0 heterocycles. The van der Waals surface area contributed by atoms with Crippen molar-refractivity contribution in [2.45, 2.75) is 51.8 Å². The molecular weight excluding hydrogens is 485 g/mol. The van der Waals surface area contributed by atoms with Crippen molar-refractivity contribution in [2.24, 2.45) is 0 Å². The summed E-state index contributed by atoms with van der Waals surface area (Å²) in [5.41, 5.74) is 2.26. The zero-order valence-electron chi connectivity index (χ0n) is 19.4. The average Bonchev–Trinajstić information content (AvgIpc) is 2.81. The molecule has 8 heteroatoms. The lowest BCUT2D eigenvalue weighted by molar-refractivity contribution is -0.276. The lowest BCUT2D eigenvalue weighted by Gasteiger charge is -2.20. The first kappa shape index (κ1) is 25.8. The van der Waals surface area contributed by atoms with Gasteiger partial charge < -0.3 is 4.74 Å². The lowest BCUT2D eigenvalue weighted by Crippen LogP contribution is -2.19. The number of ether oxygens (including phenoxy) is 1. The lowest BCUT2D eigenvalue weighted by atomic mass is 9.86. The van der Waals surface area contributed by atoms with Crippen molar-refractivity contribution in [1.29, 1.82) is 0 Å². The summed E-state index contributed by atoms with van der Waals surface area (Å²) in [6.45, 7) is 2.14. The van der Waals surface area contributed by atoms with Crippen LogP contribution < -0.4 is 4.74 Å². The van der Waals surface area contributed by atoms with Crippen LogP contribution in [-0.4, -0.2) is 6.36 Å². The molecule has 0 saturated heterocycles. The van der Waals surface area contributed by atoms with E-state index in [4.69, 9.17) is 0 Å². The van der Waals surface area contributed by atoms with Gasteiger partial charge in [0.25, 0.3) is 0 Å². The predicted molar refractivity (Wildman–Crippen MR) is 124 cm³/mol. The van der Waals surface area contributed by atoms with Gasteiger partial charge in [0.2, 0.25) is 5.75 Å². The van der Waals surface area contributed by atoms with Crippen molar-refractivity contribution in [3.05, 3.63) is 88.0 Å². The van der Waals surface area contributed by atoms with Crippen LogP contribution in [0.5, 0.6) is 5.75 Å². The largest absolute Gasteiger partial charge is 0.573 e. The number of halogens is 7. The molecule has 36 heavy (non-hydrogen) atoms. The Morgan fingerprint density at radius 3 is 2.08 bits per heavy atom. The van der Waals surface area contributed by atoms with Crippen LogP contribution >= 0.6 is 0 Å². The third kappa shape index (κ3) is 5.58. The molecule has 0 aromatic heterocycles. The highest BCUT2D eigenvalue weighted by atomic mass is 19.4. The van der Waals surface area contributed by atoms with Crippen molar-refractivity contribution >= 4 is 11.6 Å². The van der Waals surface area contributed by atoms with Gasteiger partial charge in [0, 0.05) is 0 Å². The smallest absolute Gasteiger partial charge is 0.399 e. The molecular formula is C28H23F7O. The van der Waals surface area contributed by atoms with E-state index in [0.29, 0.717) is 24.1 Å². The van der Waals surface area contributed by atoms with Gasteiger partial charge in [-0.1, -0.05) is 50.1 Å². The molecule has 0 spiro atoms. The molecule has 1 aliphatic rings. The Balaban J connectivity index is 1.65. The Labute approximate surface area is 204 Å². The number of fused-ring (bicyclic) bond motifs is 1. The molecule has 0 amide bonds. The third-order valence-corrected chi connectivity index (χ3v) is 6.23. The monoisotopic (exact) mass is 508 g/mol. The summed E-state index contributed by atoms with van der Waals surface area (Å²) in [5.74, 6) is -7.22. The number of benzene rings is 3. The van der Waals surface area contributed by atoms with Crippen LogP contribution in [0.3, 0.4) is 0 Å². The van der Waals surface area contributed by atoms with Gasteiger partial charge in [-0.05, 0) is 77.3 Å². The van der Waals surface area contributed by atoms with Gasteiger partial charge in [-0.15, -0.1) is 13.2 Å². The molecule has 3 aromatic rings. The van der Waals surface area contributed by atoms with Gasteiger partial charge in [-0.3, -0.25) is 0 Å². The highest BCUT2D eigenvalue weighted by Crippen LogP contribution is 2.39. The van der Waals surface area contributed by atoms with Gasteiger partial charge in [0.15, 0.2) is 11.6 Å². The Kier molecular flexibility index (Phi) is 7.43. The van der Waals surface area contributed by atoms with Crippen molar-refractivity contribution in [3.63, 3.8) is 0 Å². The number of allylic oxidation sites excluding steroid dienone is 1. The zero-order chi connectivity index (χ0) is 26.0. The van der Waals surface area contributed by atoms with Crippen LogP contribution in [-0.2, 0) is 12.8 Å². The van der Waals surface area contributed by atoms with Crippen molar-refractivity contribution in [2.75, 3.05) is 0 Å². The van der Waals surface area contributed by atoms with Crippen LogP contribution in [0.4, 0.5) is 30.7 Å². The third-order valence-electron chi connectivity index (χ3n) is 6.23. The van der Waals surface area contributed by atoms with E-state index in [0.717, 1.165) is 42.9 Å². The van der Waals surface area contributed by atoms with Gasteiger partial charge in [0.1, 0.15) is 11.6 Å². The molecule has 4 rings (SSSR count). The first-order chi connectivity index (χ1) is 17.1. The molecule has 0 N–H and O–H groups in total. The summed E-state index contributed by atoms with van der Waals surface area (Å²) in [4.78, 5) is 0. The summed E-state index contributed by atoms with van der Waals surface area (Å²) in [6.07, 6.45) is 1.43. The summed E-state index contributed by atoms with van der Waals surface area (Å²) < 4.78 is 99.2. The van der Waals surface area contributed by atoms with Gasteiger partial charge in [-0.25, -0.2) is 17.6 Å². The predicted octanol–water partition coefficient (Wildman–Crippen LogP) is 9.03. The summed E-state index contributed by atoms with van der Waals surface area (Å²) in [5, 5.41) is 0. The minimum atomic E-state index is -5.33. The molecule has 1 nitrogen and oxygen atoms in total. The molecule has 1 aliphatic carbocycles. The van der Waals surface area contributed by atoms with E-state index < -0.39 is 46.5 Å². The van der Waals surface area contributed by atoms with Crippen molar-refractivity contribution in [3.8, 4) is 16.9 Å². The number of rotatable bonds is 7. The Bertz CT molecular complexity index is 1270. The Morgan fingerprint density at radius 2 is 1.47 bits per heavy atom. The van der Waals surface area contributed by atoms with Gasteiger partial charge >= 0.3 is 6.36 Å².